The van der Waals surface area contributed by atoms with Crippen LogP contribution in [-0.4, -0.2) is 36.3 Å². The number of morpholine rings is 1. The van der Waals surface area contributed by atoms with Crippen molar-refractivity contribution in [1.29, 1.82) is 0 Å². The number of aromatic nitrogens is 2. The standard InChI is InChI=1S/C23H20N4OS/c1-16-2-4-17(5-3-16)20-15-29-21-14-24-23(26-22(20)21)25-18-6-8-19(9-7-18)27-10-12-28-13-11-27/h1-9,14-15H,10-13H2,(H,24,25,26). The van der Waals surface area contributed by atoms with Crippen molar-refractivity contribution in [3.05, 3.63) is 72.6 Å². The lowest BCUT2D eigenvalue weighted by atomic mass is 10.1. The zero-order valence-electron chi connectivity index (χ0n) is 15.8. The maximum absolute atomic E-state index is 5.82. The lowest BCUT2D eigenvalue weighted by molar-refractivity contribution is 0.122. The maximum Gasteiger partial charge on any atom is 0.227 e. The van der Waals surface area contributed by atoms with Crippen molar-refractivity contribution in [3.63, 3.8) is 0 Å². The summed E-state index contributed by atoms with van der Waals surface area (Å²) in [5, 5.41) is 5.44. The Morgan fingerprint density at radius 1 is 1.00 bits per heavy atom. The molecule has 0 atom stereocenters. The van der Waals surface area contributed by atoms with E-state index in [1.54, 1.807) is 11.3 Å². The monoisotopic (exact) mass is 400 g/mol. The topological polar surface area (TPSA) is 50.3 Å². The normalized spacial score (nSPS) is 14.3. The molecule has 6 heteroatoms. The van der Waals surface area contributed by atoms with Crippen LogP contribution in [0.3, 0.4) is 0 Å². The molecule has 0 spiro atoms. The van der Waals surface area contributed by atoms with Crippen LogP contribution >= 0.6 is 11.3 Å². The summed E-state index contributed by atoms with van der Waals surface area (Å²) in [6.45, 7) is 9.24. The number of nitrogens with zero attached hydrogens (tertiary/aromatic N) is 3. The Kier molecular flexibility index (Phi) is 4.87. The molecule has 5 rings (SSSR count). The van der Waals surface area contributed by atoms with E-state index in [4.69, 9.17) is 16.6 Å². The Morgan fingerprint density at radius 2 is 1.76 bits per heavy atom. The van der Waals surface area contributed by atoms with E-state index in [1.165, 1.54) is 5.69 Å². The molecule has 1 fully saturated rings. The van der Waals surface area contributed by atoms with E-state index >= 15 is 0 Å². The number of anilines is 3. The third kappa shape index (κ3) is 3.81. The minimum absolute atomic E-state index is 0.590. The number of fused-ring (bicyclic) bond motifs is 1. The number of benzene rings is 2. The zero-order chi connectivity index (χ0) is 19.6. The van der Waals surface area contributed by atoms with E-state index in [0.29, 0.717) is 5.95 Å². The van der Waals surface area contributed by atoms with Gasteiger partial charge < -0.3 is 15.0 Å². The molecule has 5 nitrogen and oxygen atoms in total. The van der Waals surface area contributed by atoms with Crippen molar-refractivity contribution >= 4 is 38.9 Å². The lowest BCUT2D eigenvalue weighted by Gasteiger charge is -2.28. The highest BCUT2D eigenvalue weighted by molar-refractivity contribution is 7.17. The highest BCUT2D eigenvalue weighted by Crippen LogP contribution is 2.33. The zero-order valence-corrected chi connectivity index (χ0v) is 16.7. The van der Waals surface area contributed by atoms with Crippen LogP contribution in [0.25, 0.3) is 21.3 Å². The van der Waals surface area contributed by atoms with Crippen molar-refractivity contribution in [3.8, 4) is 11.1 Å². The van der Waals surface area contributed by atoms with Crippen LogP contribution in [0.5, 0.6) is 0 Å². The molecule has 0 saturated carbocycles. The van der Waals surface area contributed by atoms with E-state index in [9.17, 15) is 0 Å². The fourth-order valence-electron chi connectivity index (χ4n) is 3.46. The van der Waals surface area contributed by atoms with Crippen molar-refractivity contribution in [2.75, 3.05) is 36.5 Å². The molecule has 4 aromatic rings. The predicted molar refractivity (Wildman–Crippen MR) is 119 cm³/mol. The summed E-state index contributed by atoms with van der Waals surface area (Å²) in [4.78, 5) is 11.6. The second-order valence-electron chi connectivity index (χ2n) is 6.95. The molecule has 1 N–H and O–H groups in total. The van der Waals surface area contributed by atoms with Crippen molar-refractivity contribution in [2.24, 2.45) is 0 Å². The highest BCUT2D eigenvalue weighted by Gasteiger charge is 2.12. The van der Waals surface area contributed by atoms with Crippen LogP contribution in [-0.2, 0) is 4.74 Å². The summed E-state index contributed by atoms with van der Waals surface area (Å²) in [6.07, 6.45) is 1.87. The first-order valence-electron chi connectivity index (χ1n) is 9.56. The summed E-state index contributed by atoms with van der Waals surface area (Å²) >= 11 is 1.65. The van der Waals surface area contributed by atoms with Gasteiger partial charge >= 0.3 is 0 Å². The number of thiophene rings is 1. The fourth-order valence-corrected chi connectivity index (χ4v) is 4.34. The van der Waals surface area contributed by atoms with Crippen LogP contribution in [0, 0.1) is 6.92 Å². The number of hydrogen-bond donors (Lipinski definition) is 1. The van der Waals surface area contributed by atoms with Crippen LogP contribution in [0.4, 0.5) is 17.3 Å². The van der Waals surface area contributed by atoms with Crippen molar-refractivity contribution < 1.29 is 4.74 Å². The van der Waals surface area contributed by atoms with Crippen molar-refractivity contribution in [1.82, 2.24) is 9.97 Å². The van der Waals surface area contributed by atoms with Gasteiger partial charge in [-0.3, -0.25) is 0 Å². The fraction of sp³-hybridized carbons (Fsp3) is 0.174. The minimum Gasteiger partial charge on any atom is -0.378 e. The Labute approximate surface area is 174 Å². The van der Waals surface area contributed by atoms with Crippen LogP contribution in [0.1, 0.15) is 5.56 Å². The molecular weight excluding hydrogens is 380 g/mol. The number of ether oxygens (including phenoxy) is 1. The summed E-state index contributed by atoms with van der Waals surface area (Å²) in [5.41, 5.74) is 6.07. The second-order valence-corrected chi connectivity index (χ2v) is 7.86. The molecule has 2 aromatic heterocycles. The quantitative estimate of drug-likeness (QED) is 0.523. The molecule has 2 radical (unpaired) electrons. The van der Waals surface area contributed by atoms with Crippen molar-refractivity contribution in [2.45, 2.75) is 0 Å². The van der Waals surface area contributed by atoms with Gasteiger partial charge in [0.05, 0.1) is 29.6 Å². The first-order chi connectivity index (χ1) is 14.3. The summed E-state index contributed by atoms with van der Waals surface area (Å²) < 4.78 is 6.48. The number of rotatable bonds is 4. The van der Waals surface area contributed by atoms with Gasteiger partial charge in [-0.25, -0.2) is 9.97 Å². The maximum atomic E-state index is 5.82. The van der Waals surface area contributed by atoms with Gasteiger partial charge in [0.25, 0.3) is 0 Å². The van der Waals surface area contributed by atoms with Gasteiger partial charge in [0.2, 0.25) is 5.95 Å². The van der Waals surface area contributed by atoms with Crippen LogP contribution in [0.2, 0.25) is 0 Å². The van der Waals surface area contributed by atoms with Gasteiger partial charge in [-0.1, -0.05) is 24.3 Å². The Bertz CT molecular complexity index is 1120. The average Bonchev–Trinajstić information content (AvgIpc) is 3.19. The van der Waals surface area contributed by atoms with E-state index in [0.717, 1.165) is 58.9 Å². The molecule has 0 bridgehead atoms. The summed E-state index contributed by atoms with van der Waals surface area (Å²) in [6, 6.07) is 16.2. The minimum atomic E-state index is 0.590. The molecular formula is C23H20N4OS. The van der Waals surface area contributed by atoms with E-state index in [-0.39, 0.29) is 0 Å². The van der Waals surface area contributed by atoms with Gasteiger partial charge in [-0.15, -0.1) is 11.3 Å². The smallest absolute Gasteiger partial charge is 0.227 e. The number of hydrogen-bond acceptors (Lipinski definition) is 6. The molecule has 1 saturated heterocycles. The Morgan fingerprint density at radius 3 is 2.52 bits per heavy atom. The highest BCUT2D eigenvalue weighted by atomic mass is 32.1. The predicted octanol–water partition coefficient (Wildman–Crippen LogP) is 5.00. The Hall–Kier alpha value is -2.96. The molecule has 0 amide bonds. The van der Waals surface area contributed by atoms with Gasteiger partial charge in [0.15, 0.2) is 0 Å². The molecule has 2 aromatic carbocycles. The molecule has 1 aliphatic rings. The molecule has 29 heavy (non-hydrogen) atoms. The molecule has 0 aliphatic carbocycles. The summed E-state index contributed by atoms with van der Waals surface area (Å²) in [7, 11) is 0. The molecule has 0 unspecified atom stereocenters. The second kappa shape index (κ2) is 7.81. The van der Waals surface area contributed by atoms with Gasteiger partial charge in [-0.2, -0.15) is 0 Å². The SMILES string of the molecule is [CH]c1ccc(-c2csc3cnc(Nc4ccc(N5CCOCC5)cc4)nc23)cc1. The van der Waals surface area contributed by atoms with E-state index in [2.05, 4.69) is 44.8 Å². The van der Waals surface area contributed by atoms with Crippen LogP contribution in [0.15, 0.2) is 60.1 Å². The third-order valence-electron chi connectivity index (χ3n) is 5.04. The van der Waals surface area contributed by atoms with E-state index in [1.807, 2.05) is 30.5 Å². The van der Waals surface area contributed by atoms with E-state index < -0.39 is 0 Å². The van der Waals surface area contributed by atoms with Crippen LogP contribution < -0.4 is 10.2 Å². The lowest BCUT2D eigenvalue weighted by Crippen LogP contribution is -2.36. The largest absolute Gasteiger partial charge is 0.378 e. The third-order valence-corrected chi connectivity index (χ3v) is 5.94. The summed E-state index contributed by atoms with van der Waals surface area (Å²) in [5.74, 6) is 0.590. The molecule has 144 valence electrons. The van der Waals surface area contributed by atoms with Gasteiger partial charge in [-0.05, 0) is 42.3 Å². The first kappa shape index (κ1) is 18.1. The molecule has 3 heterocycles. The Balaban J connectivity index is 1.39. The van der Waals surface area contributed by atoms with Gasteiger partial charge in [0.1, 0.15) is 0 Å². The molecule has 1 aliphatic heterocycles. The number of nitrogens with one attached hydrogen (secondary N) is 1. The first-order valence-corrected chi connectivity index (χ1v) is 10.4. The average molecular weight is 401 g/mol. The van der Waals surface area contributed by atoms with Gasteiger partial charge in [0, 0.05) is 35.4 Å².